The van der Waals surface area contributed by atoms with Crippen molar-refractivity contribution in [1.82, 2.24) is 14.3 Å². The van der Waals surface area contributed by atoms with Crippen molar-refractivity contribution < 1.29 is 8.42 Å². The van der Waals surface area contributed by atoms with Gasteiger partial charge in [-0.05, 0) is 25.3 Å². The molecule has 0 saturated carbocycles. The van der Waals surface area contributed by atoms with Crippen LogP contribution in [0.25, 0.3) is 0 Å². The molecule has 1 aromatic rings. The van der Waals surface area contributed by atoms with Gasteiger partial charge in [0, 0.05) is 25.5 Å². The fourth-order valence-corrected chi connectivity index (χ4v) is 3.42. The lowest BCUT2D eigenvalue weighted by molar-refractivity contribution is 0.271. The van der Waals surface area contributed by atoms with Gasteiger partial charge in [-0.15, -0.1) is 0 Å². The molecule has 1 aliphatic heterocycles. The lowest BCUT2D eigenvalue weighted by Crippen LogP contribution is -2.42. The van der Waals surface area contributed by atoms with E-state index in [4.69, 9.17) is 5.73 Å². The van der Waals surface area contributed by atoms with Crippen LogP contribution in [0.2, 0.25) is 0 Å². The molecule has 1 atom stereocenters. The first-order valence-corrected chi connectivity index (χ1v) is 7.05. The Labute approximate surface area is 101 Å². The molecule has 0 spiro atoms. The van der Waals surface area contributed by atoms with E-state index >= 15 is 0 Å². The van der Waals surface area contributed by atoms with Crippen molar-refractivity contribution in [2.45, 2.75) is 17.9 Å². The second kappa shape index (κ2) is 5.07. The normalized spacial score (nSPS) is 22.5. The Kier molecular flexibility index (Phi) is 3.70. The average Bonchev–Trinajstić information content (AvgIpc) is 2.40. The first-order valence-electron chi connectivity index (χ1n) is 5.61. The van der Waals surface area contributed by atoms with Gasteiger partial charge in [0.25, 0.3) is 10.0 Å². The lowest BCUT2D eigenvalue weighted by Gasteiger charge is -2.30. The van der Waals surface area contributed by atoms with E-state index in [9.17, 15) is 8.42 Å². The minimum atomic E-state index is -3.50. The highest BCUT2D eigenvalue weighted by Crippen LogP contribution is 2.21. The molecule has 1 saturated heterocycles. The van der Waals surface area contributed by atoms with Crippen molar-refractivity contribution in [2.24, 2.45) is 11.7 Å². The maximum Gasteiger partial charge on any atom is 0.262 e. The molecule has 0 amide bonds. The van der Waals surface area contributed by atoms with Crippen LogP contribution in [0.5, 0.6) is 0 Å². The lowest BCUT2D eigenvalue weighted by atomic mass is 10.0. The van der Waals surface area contributed by atoms with E-state index in [1.165, 1.54) is 22.9 Å². The number of piperidine rings is 1. The average molecular weight is 256 g/mol. The van der Waals surface area contributed by atoms with Crippen LogP contribution in [-0.2, 0) is 10.0 Å². The van der Waals surface area contributed by atoms with Gasteiger partial charge in [-0.2, -0.15) is 4.31 Å². The molecule has 0 aromatic carbocycles. The van der Waals surface area contributed by atoms with Crippen molar-refractivity contribution in [3.05, 3.63) is 18.6 Å². The molecule has 0 aliphatic carbocycles. The Balaban J connectivity index is 2.21. The predicted molar refractivity (Wildman–Crippen MR) is 62.6 cm³/mol. The zero-order valence-electron chi connectivity index (χ0n) is 9.49. The van der Waals surface area contributed by atoms with Crippen molar-refractivity contribution >= 4 is 10.0 Å². The first-order chi connectivity index (χ1) is 8.14. The fourth-order valence-electron chi connectivity index (χ4n) is 1.99. The summed E-state index contributed by atoms with van der Waals surface area (Å²) in [5.74, 6) is 0.246. The second-order valence-electron chi connectivity index (χ2n) is 4.15. The number of nitrogens with two attached hydrogens (primary N) is 1. The Morgan fingerprint density at radius 2 is 2.29 bits per heavy atom. The van der Waals surface area contributed by atoms with Gasteiger partial charge in [0.1, 0.15) is 0 Å². The SMILES string of the molecule is NC[C@H]1CCCN(S(=O)(=O)c2cnccn2)C1. The van der Waals surface area contributed by atoms with Gasteiger partial charge in [-0.1, -0.05) is 0 Å². The quantitative estimate of drug-likeness (QED) is 0.811. The summed E-state index contributed by atoms with van der Waals surface area (Å²) in [6, 6.07) is 0. The van der Waals surface area contributed by atoms with E-state index in [2.05, 4.69) is 9.97 Å². The maximum atomic E-state index is 12.2. The highest BCUT2D eigenvalue weighted by Gasteiger charge is 2.30. The molecule has 1 aliphatic rings. The van der Waals surface area contributed by atoms with Gasteiger partial charge >= 0.3 is 0 Å². The summed E-state index contributed by atoms with van der Waals surface area (Å²) in [5.41, 5.74) is 5.60. The highest BCUT2D eigenvalue weighted by atomic mass is 32.2. The molecule has 6 nitrogen and oxygen atoms in total. The molecule has 0 bridgehead atoms. The zero-order chi connectivity index (χ0) is 12.3. The summed E-state index contributed by atoms with van der Waals surface area (Å²) < 4.78 is 25.9. The molecule has 2 heterocycles. The number of aromatic nitrogens is 2. The van der Waals surface area contributed by atoms with Crippen LogP contribution in [0.15, 0.2) is 23.6 Å². The largest absolute Gasteiger partial charge is 0.330 e. The molecule has 2 rings (SSSR count). The first kappa shape index (κ1) is 12.4. The smallest absolute Gasteiger partial charge is 0.262 e. The Bertz CT molecular complexity index is 462. The molecule has 17 heavy (non-hydrogen) atoms. The van der Waals surface area contributed by atoms with E-state index < -0.39 is 10.0 Å². The van der Waals surface area contributed by atoms with E-state index in [1.807, 2.05) is 0 Å². The van der Waals surface area contributed by atoms with Crippen LogP contribution in [0.3, 0.4) is 0 Å². The second-order valence-corrected chi connectivity index (χ2v) is 6.04. The summed E-state index contributed by atoms with van der Waals surface area (Å²) in [4.78, 5) is 7.65. The molecule has 94 valence electrons. The van der Waals surface area contributed by atoms with Gasteiger partial charge in [0.05, 0.1) is 6.20 Å². The fraction of sp³-hybridized carbons (Fsp3) is 0.600. The summed E-state index contributed by atoms with van der Waals surface area (Å²) in [6.07, 6.45) is 5.96. The number of hydrogen-bond acceptors (Lipinski definition) is 5. The minimum Gasteiger partial charge on any atom is -0.330 e. The van der Waals surface area contributed by atoms with Gasteiger partial charge < -0.3 is 5.73 Å². The summed E-state index contributed by atoms with van der Waals surface area (Å²) >= 11 is 0. The van der Waals surface area contributed by atoms with Crippen molar-refractivity contribution in [1.29, 1.82) is 0 Å². The number of hydrogen-bond donors (Lipinski definition) is 1. The van der Waals surface area contributed by atoms with Crippen LogP contribution >= 0.6 is 0 Å². The maximum absolute atomic E-state index is 12.2. The van der Waals surface area contributed by atoms with Crippen LogP contribution in [0.1, 0.15) is 12.8 Å². The molecule has 7 heteroatoms. The standard InChI is InChI=1S/C10H16N4O2S/c11-6-9-2-1-5-14(8-9)17(15,16)10-7-12-3-4-13-10/h3-4,7,9H,1-2,5-6,8,11H2/t9-/m1/s1. The Morgan fingerprint density at radius 1 is 1.47 bits per heavy atom. The third-order valence-corrected chi connectivity index (χ3v) is 4.71. The third kappa shape index (κ3) is 2.62. The molecular weight excluding hydrogens is 240 g/mol. The Hall–Kier alpha value is -1.05. The van der Waals surface area contributed by atoms with Crippen LogP contribution in [0, 0.1) is 5.92 Å². The van der Waals surface area contributed by atoms with Gasteiger partial charge in [0.15, 0.2) is 5.03 Å². The monoisotopic (exact) mass is 256 g/mol. The molecule has 0 unspecified atom stereocenters. The highest BCUT2D eigenvalue weighted by molar-refractivity contribution is 7.89. The zero-order valence-corrected chi connectivity index (χ0v) is 10.3. The van der Waals surface area contributed by atoms with E-state index in [0.717, 1.165) is 12.8 Å². The van der Waals surface area contributed by atoms with Gasteiger partial charge in [-0.25, -0.2) is 13.4 Å². The predicted octanol–water partition coefficient (Wildman–Crippen LogP) is -0.164. The molecular formula is C10H16N4O2S. The topological polar surface area (TPSA) is 89.2 Å². The molecule has 0 radical (unpaired) electrons. The van der Waals surface area contributed by atoms with Crippen LogP contribution in [-0.4, -0.2) is 42.3 Å². The van der Waals surface area contributed by atoms with Crippen LogP contribution in [0.4, 0.5) is 0 Å². The van der Waals surface area contributed by atoms with E-state index in [0.29, 0.717) is 19.6 Å². The summed E-state index contributed by atoms with van der Waals surface area (Å²) in [6.45, 7) is 1.54. The third-order valence-electron chi connectivity index (χ3n) is 2.96. The van der Waals surface area contributed by atoms with E-state index in [-0.39, 0.29) is 10.9 Å². The van der Waals surface area contributed by atoms with Gasteiger partial charge in [-0.3, -0.25) is 4.98 Å². The number of rotatable bonds is 3. The molecule has 1 aromatic heterocycles. The minimum absolute atomic E-state index is 0.0117. The summed E-state index contributed by atoms with van der Waals surface area (Å²) in [5, 5.41) is 0.0117. The van der Waals surface area contributed by atoms with Crippen molar-refractivity contribution in [3.8, 4) is 0 Å². The van der Waals surface area contributed by atoms with E-state index in [1.54, 1.807) is 0 Å². The Morgan fingerprint density at radius 3 is 2.94 bits per heavy atom. The number of nitrogens with zero attached hydrogens (tertiary/aromatic N) is 3. The van der Waals surface area contributed by atoms with Crippen molar-refractivity contribution in [2.75, 3.05) is 19.6 Å². The molecule has 1 fully saturated rings. The number of sulfonamides is 1. The molecule has 2 N–H and O–H groups in total. The van der Waals surface area contributed by atoms with Crippen molar-refractivity contribution in [3.63, 3.8) is 0 Å². The van der Waals surface area contributed by atoms with Crippen LogP contribution < -0.4 is 5.73 Å². The summed E-state index contributed by atoms with van der Waals surface area (Å²) in [7, 11) is -3.50. The van der Waals surface area contributed by atoms with Gasteiger partial charge in [0.2, 0.25) is 0 Å².